The fourth-order valence-electron chi connectivity index (χ4n) is 3.61. The highest BCUT2D eigenvalue weighted by Crippen LogP contribution is 2.62. The monoisotopic (exact) mass is 347 g/mol. The van der Waals surface area contributed by atoms with Gasteiger partial charge in [0.15, 0.2) is 0 Å². The summed E-state index contributed by atoms with van der Waals surface area (Å²) < 4.78 is 1.08. The SMILES string of the molecule is CCCNC(c1cc(Cl)c(Br)s1)C1C2CCCC21. The van der Waals surface area contributed by atoms with Crippen molar-refractivity contribution in [2.75, 3.05) is 6.54 Å². The molecule has 0 amide bonds. The van der Waals surface area contributed by atoms with E-state index in [2.05, 4.69) is 34.2 Å². The van der Waals surface area contributed by atoms with E-state index < -0.39 is 0 Å². The van der Waals surface area contributed by atoms with Crippen molar-refractivity contribution in [2.24, 2.45) is 17.8 Å². The Hall–Kier alpha value is 0.430. The van der Waals surface area contributed by atoms with Crippen LogP contribution in [0.15, 0.2) is 9.85 Å². The van der Waals surface area contributed by atoms with Gasteiger partial charge in [-0.2, -0.15) is 0 Å². The molecule has 3 unspecified atom stereocenters. The zero-order valence-corrected chi connectivity index (χ0v) is 13.7. The summed E-state index contributed by atoms with van der Waals surface area (Å²) in [7, 11) is 0. The average Bonchev–Trinajstić information content (AvgIpc) is 2.72. The first-order valence-corrected chi connectivity index (χ1v) is 8.89. The average molecular weight is 349 g/mol. The molecule has 3 rings (SSSR count). The summed E-state index contributed by atoms with van der Waals surface area (Å²) in [6, 6.07) is 2.69. The van der Waals surface area contributed by atoms with Gasteiger partial charge in [0.05, 0.1) is 8.81 Å². The Labute approximate surface area is 126 Å². The van der Waals surface area contributed by atoms with Crippen LogP contribution in [-0.2, 0) is 0 Å². The maximum Gasteiger partial charge on any atom is 0.0887 e. The van der Waals surface area contributed by atoms with Gasteiger partial charge in [-0.15, -0.1) is 11.3 Å². The molecule has 100 valence electrons. The lowest BCUT2D eigenvalue weighted by Crippen LogP contribution is -2.24. The highest BCUT2D eigenvalue weighted by molar-refractivity contribution is 9.11. The van der Waals surface area contributed by atoms with Crippen LogP contribution in [-0.4, -0.2) is 6.54 Å². The topological polar surface area (TPSA) is 12.0 Å². The molecule has 0 radical (unpaired) electrons. The molecular formula is C14H19BrClNS. The fourth-order valence-corrected chi connectivity index (χ4v) is 5.49. The number of nitrogens with one attached hydrogen (secondary N) is 1. The zero-order chi connectivity index (χ0) is 12.7. The van der Waals surface area contributed by atoms with E-state index in [0.717, 1.165) is 33.1 Å². The van der Waals surface area contributed by atoms with Gasteiger partial charge in [0, 0.05) is 10.9 Å². The Bertz CT molecular complexity index is 404. The molecule has 18 heavy (non-hydrogen) atoms. The summed E-state index contributed by atoms with van der Waals surface area (Å²) >= 11 is 11.5. The number of halogens is 2. The van der Waals surface area contributed by atoms with E-state index in [1.807, 2.05) is 0 Å². The Morgan fingerprint density at radius 3 is 2.78 bits per heavy atom. The molecule has 0 aliphatic heterocycles. The molecule has 1 aromatic rings. The second-order valence-electron chi connectivity index (χ2n) is 5.54. The predicted octanol–water partition coefficient (Wildman–Crippen LogP) is 5.25. The van der Waals surface area contributed by atoms with Crippen LogP contribution in [0.4, 0.5) is 0 Å². The number of hydrogen-bond donors (Lipinski definition) is 1. The van der Waals surface area contributed by atoms with E-state index in [-0.39, 0.29) is 0 Å². The summed E-state index contributed by atoms with van der Waals surface area (Å²) in [4.78, 5) is 1.42. The van der Waals surface area contributed by atoms with Crippen molar-refractivity contribution in [3.8, 4) is 0 Å². The van der Waals surface area contributed by atoms with Gasteiger partial charge in [-0.3, -0.25) is 0 Å². The molecule has 0 spiro atoms. The lowest BCUT2D eigenvalue weighted by molar-refractivity contribution is 0.423. The van der Waals surface area contributed by atoms with E-state index in [1.54, 1.807) is 11.3 Å². The number of fused-ring (bicyclic) bond motifs is 1. The molecule has 2 aliphatic carbocycles. The van der Waals surface area contributed by atoms with Crippen molar-refractivity contribution in [3.05, 3.63) is 19.8 Å². The minimum atomic E-state index is 0.536. The standard InChI is InChI=1S/C14H19BrClNS/c1-2-6-17-13(11-7-10(16)14(15)18-11)12-8-4-3-5-9(8)12/h7-9,12-13,17H,2-6H2,1H3. The molecular weight excluding hydrogens is 330 g/mol. The highest BCUT2D eigenvalue weighted by atomic mass is 79.9. The van der Waals surface area contributed by atoms with Crippen LogP contribution in [0, 0.1) is 17.8 Å². The number of thiophene rings is 1. The smallest absolute Gasteiger partial charge is 0.0887 e. The maximum absolute atomic E-state index is 6.19. The van der Waals surface area contributed by atoms with E-state index in [1.165, 1.54) is 30.6 Å². The third-order valence-electron chi connectivity index (χ3n) is 4.44. The van der Waals surface area contributed by atoms with Crippen molar-refractivity contribution in [1.29, 1.82) is 0 Å². The second kappa shape index (κ2) is 5.43. The molecule has 0 bridgehead atoms. The zero-order valence-electron chi connectivity index (χ0n) is 10.6. The van der Waals surface area contributed by atoms with Crippen LogP contribution in [0.3, 0.4) is 0 Å². The van der Waals surface area contributed by atoms with Crippen molar-refractivity contribution in [1.82, 2.24) is 5.32 Å². The summed E-state index contributed by atoms with van der Waals surface area (Å²) in [5.41, 5.74) is 0. The lowest BCUT2D eigenvalue weighted by atomic mass is 10.0. The van der Waals surface area contributed by atoms with Crippen molar-refractivity contribution in [2.45, 2.75) is 38.6 Å². The molecule has 2 aliphatic rings. The van der Waals surface area contributed by atoms with Gasteiger partial charge in [0.2, 0.25) is 0 Å². The van der Waals surface area contributed by atoms with Gasteiger partial charge in [-0.05, 0) is 65.6 Å². The fraction of sp³-hybridized carbons (Fsp3) is 0.714. The predicted molar refractivity (Wildman–Crippen MR) is 82.4 cm³/mol. The summed E-state index contributed by atoms with van der Waals surface area (Å²) in [6.45, 7) is 3.34. The summed E-state index contributed by atoms with van der Waals surface area (Å²) in [6.07, 6.45) is 5.53. The third-order valence-corrected chi connectivity index (χ3v) is 7.00. The Morgan fingerprint density at radius 2 is 2.22 bits per heavy atom. The molecule has 0 saturated heterocycles. The van der Waals surface area contributed by atoms with E-state index in [4.69, 9.17) is 11.6 Å². The first-order valence-electron chi connectivity index (χ1n) is 6.90. The third kappa shape index (κ3) is 2.39. The van der Waals surface area contributed by atoms with Crippen LogP contribution < -0.4 is 5.32 Å². The second-order valence-corrected chi connectivity index (χ2v) is 8.35. The molecule has 1 N–H and O–H groups in total. The van der Waals surface area contributed by atoms with Crippen LogP contribution in [0.2, 0.25) is 5.02 Å². The van der Waals surface area contributed by atoms with Crippen molar-refractivity contribution in [3.63, 3.8) is 0 Å². The van der Waals surface area contributed by atoms with Crippen LogP contribution >= 0.6 is 38.9 Å². The minimum absolute atomic E-state index is 0.536. The normalized spacial score (nSPS) is 31.4. The lowest BCUT2D eigenvalue weighted by Gasteiger charge is -2.19. The highest BCUT2D eigenvalue weighted by Gasteiger charge is 2.56. The van der Waals surface area contributed by atoms with Crippen LogP contribution in [0.1, 0.15) is 43.5 Å². The molecule has 0 aromatic carbocycles. The van der Waals surface area contributed by atoms with E-state index in [9.17, 15) is 0 Å². The first kappa shape index (κ1) is 13.4. The molecule has 1 nitrogen and oxygen atoms in total. The largest absolute Gasteiger partial charge is 0.309 e. The van der Waals surface area contributed by atoms with Gasteiger partial charge >= 0.3 is 0 Å². The maximum atomic E-state index is 6.19. The summed E-state index contributed by atoms with van der Waals surface area (Å²) in [5, 5.41) is 4.61. The Morgan fingerprint density at radius 1 is 1.50 bits per heavy atom. The molecule has 2 saturated carbocycles. The van der Waals surface area contributed by atoms with E-state index in [0.29, 0.717) is 6.04 Å². The Balaban J connectivity index is 1.77. The first-order chi connectivity index (χ1) is 8.72. The van der Waals surface area contributed by atoms with Crippen molar-refractivity contribution < 1.29 is 0 Å². The van der Waals surface area contributed by atoms with Gasteiger partial charge in [0.1, 0.15) is 0 Å². The Kier molecular flexibility index (Phi) is 4.05. The number of rotatable bonds is 5. The van der Waals surface area contributed by atoms with Gasteiger partial charge < -0.3 is 5.32 Å². The van der Waals surface area contributed by atoms with E-state index >= 15 is 0 Å². The van der Waals surface area contributed by atoms with Crippen molar-refractivity contribution >= 4 is 38.9 Å². The molecule has 4 heteroatoms. The van der Waals surface area contributed by atoms with Crippen LogP contribution in [0.5, 0.6) is 0 Å². The van der Waals surface area contributed by atoms with Gasteiger partial charge in [-0.1, -0.05) is 24.9 Å². The van der Waals surface area contributed by atoms with Gasteiger partial charge in [0.25, 0.3) is 0 Å². The molecule has 3 atom stereocenters. The number of hydrogen-bond acceptors (Lipinski definition) is 2. The quantitative estimate of drug-likeness (QED) is 0.766. The molecule has 1 heterocycles. The minimum Gasteiger partial charge on any atom is -0.309 e. The summed E-state index contributed by atoms with van der Waals surface area (Å²) in [5.74, 6) is 2.84. The van der Waals surface area contributed by atoms with Crippen LogP contribution in [0.25, 0.3) is 0 Å². The molecule has 1 aromatic heterocycles. The van der Waals surface area contributed by atoms with Gasteiger partial charge in [-0.25, -0.2) is 0 Å². The molecule has 2 fully saturated rings.